The highest BCUT2D eigenvalue weighted by atomic mass is 35.5. The van der Waals surface area contributed by atoms with E-state index in [9.17, 15) is 5.11 Å². The first kappa shape index (κ1) is 18.4. The van der Waals surface area contributed by atoms with Crippen molar-refractivity contribution in [3.05, 3.63) is 52.5 Å². The Kier molecular flexibility index (Phi) is 5.25. The summed E-state index contributed by atoms with van der Waals surface area (Å²) >= 11 is 11.3. The van der Waals surface area contributed by atoms with Crippen molar-refractivity contribution in [3.63, 3.8) is 0 Å². The number of anilines is 1. The molecular weight excluding hydrogens is 368 g/mol. The van der Waals surface area contributed by atoms with Crippen molar-refractivity contribution in [1.29, 1.82) is 0 Å². The molecule has 0 aliphatic carbocycles. The topological polar surface area (TPSA) is 72.8 Å². The second-order valence-corrected chi connectivity index (χ2v) is 7.12. The fourth-order valence-electron chi connectivity index (χ4n) is 2.62. The van der Waals surface area contributed by atoms with Crippen LogP contribution in [0, 0.1) is 6.92 Å². The van der Waals surface area contributed by atoms with Gasteiger partial charge in [-0.05, 0) is 60.5 Å². The van der Waals surface area contributed by atoms with Crippen molar-refractivity contribution in [2.75, 3.05) is 5.32 Å². The fourth-order valence-corrected chi connectivity index (χ4v) is 2.95. The highest BCUT2D eigenvalue weighted by Crippen LogP contribution is 2.37. The quantitative estimate of drug-likeness (QED) is 0.358. The Morgan fingerprint density at radius 2 is 2.04 bits per heavy atom. The van der Waals surface area contributed by atoms with E-state index in [1.54, 1.807) is 0 Å². The van der Waals surface area contributed by atoms with Gasteiger partial charge in [0.05, 0.1) is 5.52 Å². The van der Waals surface area contributed by atoms with Crippen LogP contribution in [0.15, 0.2) is 46.6 Å². The zero-order valence-electron chi connectivity index (χ0n) is 14.7. The molecule has 2 aromatic carbocycles. The number of thiocarbonyl (C=S) groups is 1. The minimum atomic E-state index is -0.0357. The molecule has 1 heterocycles. The number of halogens is 1. The van der Waals surface area contributed by atoms with Gasteiger partial charge in [-0.15, -0.1) is 10.2 Å². The van der Waals surface area contributed by atoms with Crippen molar-refractivity contribution in [2.24, 2.45) is 10.2 Å². The average Bonchev–Trinajstić information content (AvgIpc) is 2.91. The summed E-state index contributed by atoms with van der Waals surface area (Å²) in [6, 6.07) is 11.5. The molecule has 26 heavy (non-hydrogen) atoms. The van der Waals surface area contributed by atoms with Crippen LogP contribution in [-0.4, -0.2) is 15.2 Å². The number of hydrogen-bond donors (Lipinski definition) is 3. The largest absolute Gasteiger partial charge is 0.493 e. The van der Waals surface area contributed by atoms with Gasteiger partial charge in [0.2, 0.25) is 11.0 Å². The molecule has 3 rings (SSSR count). The number of nitrogens with one attached hydrogen (secondary N) is 2. The Morgan fingerprint density at radius 3 is 2.77 bits per heavy atom. The minimum absolute atomic E-state index is 0.0357. The Hall–Kier alpha value is -2.44. The number of nitrogens with zero attached hydrogens (tertiary/aromatic N) is 2. The summed E-state index contributed by atoms with van der Waals surface area (Å²) in [5.74, 6) is 0.334. The number of fused-ring (bicyclic) bond motifs is 1. The van der Waals surface area contributed by atoms with Crippen molar-refractivity contribution < 1.29 is 5.11 Å². The van der Waals surface area contributed by atoms with Crippen molar-refractivity contribution in [1.82, 2.24) is 4.98 Å². The van der Waals surface area contributed by atoms with Gasteiger partial charge in [0.15, 0.2) is 5.69 Å². The number of aromatic hydroxyl groups is 1. The number of aromatic amines is 1. The van der Waals surface area contributed by atoms with Crippen LogP contribution in [0.5, 0.6) is 5.88 Å². The van der Waals surface area contributed by atoms with Crippen molar-refractivity contribution in [2.45, 2.75) is 26.7 Å². The molecule has 0 aliphatic rings. The molecule has 0 fully saturated rings. The highest BCUT2D eigenvalue weighted by molar-refractivity contribution is 7.80. The molecule has 0 aliphatic heterocycles. The van der Waals surface area contributed by atoms with Crippen LogP contribution in [-0.2, 0) is 0 Å². The van der Waals surface area contributed by atoms with Crippen LogP contribution in [0.3, 0.4) is 0 Å². The normalized spacial score (nSPS) is 11.6. The van der Waals surface area contributed by atoms with Crippen LogP contribution in [0.2, 0.25) is 5.02 Å². The van der Waals surface area contributed by atoms with E-state index in [0.717, 1.165) is 27.7 Å². The second-order valence-electron chi connectivity index (χ2n) is 6.32. The van der Waals surface area contributed by atoms with E-state index in [1.807, 2.05) is 43.3 Å². The van der Waals surface area contributed by atoms with E-state index in [0.29, 0.717) is 16.6 Å². The number of rotatable bonds is 3. The summed E-state index contributed by atoms with van der Waals surface area (Å²) in [5, 5.41) is 23.0. The number of azo groups is 1. The zero-order chi connectivity index (χ0) is 18.8. The SMILES string of the molecule is Cc1c(Cl)cccc1NC(=S)N=Nc1c(O)[nH]c2ccc(C(C)C)cc12. The Balaban J connectivity index is 1.87. The van der Waals surface area contributed by atoms with E-state index in [2.05, 4.69) is 34.4 Å². The molecule has 3 N–H and O–H groups in total. The first-order valence-corrected chi connectivity index (χ1v) is 8.98. The van der Waals surface area contributed by atoms with Gasteiger partial charge in [-0.2, -0.15) is 0 Å². The van der Waals surface area contributed by atoms with E-state index >= 15 is 0 Å². The number of H-pyrrole nitrogens is 1. The Morgan fingerprint density at radius 1 is 1.27 bits per heavy atom. The van der Waals surface area contributed by atoms with Crippen LogP contribution in [0.25, 0.3) is 10.9 Å². The maximum absolute atomic E-state index is 10.2. The van der Waals surface area contributed by atoms with E-state index in [4.69, 9.17) is 23.8 Å². The molecule has 3 aromatic rings. The lowest BCUT2D eigenvalue weighted by molar-refractivity contribution is 0.459. The van der Waals surface area contributed by atoms with Gasteiger partial charge in [0, 0.05) is 16.1 Å². The number of benzene rings is 2. The monoisotopic (exact) mass is 386 g/mol. The summed E-state index contributed by atoms with van der Waals surface area (Å²) < 4.78 is 0. The Labute approximate surface area is 162 Å². The molecule has 0 saturated carbocycles. The lowest BCUT2D eigenvalue weighted by atomic mass is 10.0. The maximum Gasteiger partial charge on any atom is 0.218 e. The predicted molar refractivity (Wildman–Crippen MR) is 111 cm³/mol. The lowest BCUT2D eigenvalue weighted by Gasteiger charge is -2.08. The molecule has 134 valence electrons. The third-order valence-electron chi connectivity index (χ3n) is 4.19. The standard InChI is InChI=1S/C19H19ClN4OS/c1-10(2)12-7-8-16-13(9-12)17(18(25)21-16)23-24-19(26)22-15-6-4-5-14(20)11(15)3/h4-10,21,25H,1-3H3,(H,22,26). The summed E-state index contributed by atoms with van der Waals surface area (Å²) in [6.45, 7) is 6.12. The third-order valence-corrected chi connectivity index (χ3v) is 4.79. The number of hydrogen-bond acceptors (Lipinski definition) is 3. The summed E-state index contributed by atoms with van der Waals surface area (Å²) in [5.41, 5.74) is 3.97. The molecule has 0 unspecified atom stereocenters. The molecule has 0 bridgehead atoms. The molecule has 7 heteroatoms. The molecule has 0 saturated heterocycles. The van der Waals surface area contributed by atoms with Gasteiger partial charge in [-0.1, -0.05) is 37.6 Å². The average molecular weight is 387 g/mol. The second kappa shape index (κ2) is 7.43. The number of aromatic nitrogens is 1. The fraction of sp³-hybridized carbons (Fsp3) is 0.211. The van der Waals surface area contributed by atoms with E-state index in [-0.39, 0.29) is 11.0 Å². The van der Waals surface area contributed by atoms with Gasteiger partial charge < -0.3 is 15.4 Å². The minimum Gasteiger partial charge on any atom is -0.493 e. The van der Waals surface area contributed by atoms with Gasteiger partial charge in [-0.25, -0.2) is 0 Å². The van der Waals surface area contributed by atoms with Gasteiger partial charge in [0.1, 0.15) is 0 Å². The summed E-state index contributed by atoms with van der Waals surface area (Å²) in [6.07, 6.45) is 0. The van der Waals surface area contributed by atoms with Gasteiger partial charge in [0.25, 0.3) is 0 Å². The smallest absolute Gasteiger partial charge is 0.218 e. The predicted octanol–water partition coefficient (Wildman–Crippen LogP) is 6.44. The highest BCUT2D eigenvalue weighted by Gasteiger charge is 2.12. The Bertz CT molecular complexity index is 1010. The molecule has 1 aromatic heterocycles. The molecule has 0 atom stereocenters. The molecule has 0 spiro atoms. The van der Waals surface area contributed by atoms with E-state index in [1.165, 1.54) is 0 Å². The lowest BCUT2D eigenvalue weighted by Crippen LogP contribution is -2.06. The molecule has 0 radical (unpaired) electrons. The first-order valence-electron chi connectivity index (χ1n) is 8.19. The van der Waals surface area contributed by atoms with Crippen molar-refractivity contribution in [3.8, 4) is 5.88 Å². The van der Waals surface area contributed by atoms with Crippen LogP contribution < -0.4 is 5.32 Å². The third kappa shape index (κ3) is 3.71. The summed E-state index contributed by atoms with van der Waals surface area (Å²) in [7, 11) is 0. The maximum atomic E-state index is 10.2. The first-order chi connectivity index (χ1) is 12.4. The molecule has 0 amide bonds. The van der Waals surface area contributed by atoms with Crippen molar-refractivity contribution >= 4 is 51.2 Å². The van der Waals surface area contributed by atoms with Crippen LogP contribution in [0.1, 0.15) is 30.9 Å². The van der Waals surface area contributed by atoms with Gasteiger partial charge >= 0.3 is 0 Å². The van der Waals surface area contributed by atoms with Crippen LogP contribution in [0.4, 0.5) is 11.4 Å². The van der Waals surface area contributed by atoms with Crippen LogP contribution >= 0.6 is 23.8 Å². The van der Waals surface area contributed by atoms with E-state index < -0.39 is 0 Å². The zero-order valence-corrected chi connectivity index (χ0v) is 16.2. The molecular formula is C19H19ClN4OS. The van der Waals surface area contributed by atoms with Gasteiger partial charge in [-0.3, -0.25) is 0 Å². The molecule has 5 nitrogen and oxygen atoms in total. The summed E-state index contributed by atoms with van der Waals surface area (Å²) in [4.78, 5) is 2.90.